The van der Waals surface area contributed by atoms with Gasteiger partial charge in [0.15, 0.2) is 0 Å². The van der Waals surface area contributed by atoms with Crippen LogP contribution in [0.3, 0.4) is 0 Å². The van der Waals surface area contributed by atoms with E-state index in [4.69, 9.17) is 0 Å². The highest BCUT2D eigenvalue weighted by Gasteiger charge is 2.32. The van der Waals surface area contributed by atoms with Gasteiger partial charge in [-0.3, -0.25) is 14.5 Å². The van der Waals surface area contributed by atoms with Crippen LogP contribution < -0.4 is 5.32 Å². The number of nitrogens with zero attached hydrogens (tertiary/aromatic N) is 3. The van der Waals surface area contributed by atoms with Gasteiger partial charge in [0.2, 0.25) is 11.8 Å². The van der Waals surface area contributed by atoms with Crippen LogP contribution in [0.1, 0.15) is 12.8 Å². The molecule has 2 rings (SSSR count). The molecular weight excluding hydrogens is 272 g/mol. The Balaban J connectivity index is 1.83. The third-order valence-electron chi connectivity index (χ3n) is 4.16. The largest absolute Gasteiger partial charge is 0.392 e. The number of amides is 2. The van der Waals surface area contributed by atoms with E-state index in [0.717, 1.165) is 26.1 Å². The highest BCUT2D eigenvalue weighted by Crippen LogP contribution is 2.12. The normalized spacial score (nSPS) is 27.5. The monoisotopic (exact) mass is 298 g/mol. The zero-order valence-corrected chi connectivity index (χ0v) is 12.9. The van der Waals surface area contributed by atoms with E-state index in [1.54, 1.807) is 19.0 Å². The van der Waals surface area contributed by atoms with Crippen LogP contribution >= 0.6 is 0 Å². The molecular formula is C14H26N4O3. The summed E-state index contributed by atoms with van der Waals surface area (Å²) in [7, 11) is 3.51. The maximum Gasteiger partial charge on any atom is 0.239 e. The summed E-state index contributed by atoms with van der Waals surface area (Å²) in [4.78, 5) is 29.7. The quantitative estimate of drug-likeness (QED) is 0.652. The first-order valence-corrected chi connectivity index (χ1v) is 7.60. The number of β-amino-alcohol motifs (C(OH)–C–C–N with tert-alkyl or cyclic N) is 1. The fraction of sp³-hybridized carbons (Fsp3) is 0.857. The maximum atomic E-state index is 12.4. The lowest BCUT2D eigenvalue weighted by Crippen LogP contribution is -2.45. The molecule has 7 nitrogen and oxygen atoms in total. The molecule has 120 valence electrons. The van der Waals surface area contributed by atoms with Gasteiger partial charge in [0.1, 0.15) is 0 Å². The van der Waals surface area contributed by atoms with E-state index in [9.17, 15) is 14.7 Å². The summed E-state index contributed by atoms with van der Waals surface area (Å²) in [6.07, 6.45) is 0.958. The van der Waals surface area contributed by atoms with Crippen molar-refractivity contribution >= 4 is 11.8 Å². The molecule has 2 fully saturated rings. The lowest BCUT2D eigenvalue weighted by Gasteiger charge is -2.24. The molecule has 0 spiro atoms. The van der Waals surface area contributed by atoms with E-state index >= 15 is 0 Å². The Morgan fingerprint density at radius 2 is 2.00 bits per heavy atom. The van der Waals surface area contributed by atoms with Crippen molar-refractivity contribution in [3.63, 3.8) is 0 Å². The summed E-state index contributed by atoms with van der Waals surface area (Å²) in [5, 5.41) is 12.6. The zero-order valence-electron chi connectivity index (χ0n) is 12.9. The number of carbonyl (C=O) groups is 2. The van der Waals surface area contributed by atoms with Crippen molar-refractivity contribution in [1.82, 2.24) is 20.0 Å². The van der Waals surface area contributed by atoms with Gasteiger partial charge in [-0.05, 0) is 12.8 Å². The smallest absolute Gasteiger partial charge is 0.239 e. The topological polar surface area (TPSA) is 76.1 Å². The molecule has 0 saturated carbocycles. The predicted octanol–water partition coefficient (Wildman–Crippen LogP) is -1.67. The van der Waals surface area contributed by atoms with Gasteiger partial charge in [-0.2, -0.15) is 0 Å². The highest BCUT2D eigenvalue weighted by atomic mass is 16.3. The van der Waals surface area contributed by atoms with Gasteiger partial charge in [0.05, 0.1) is 18.7 Å². The molecule has 2 heterocycles. The first-order chi connectivity index (χ1) is 9.97. The van der Waals surface area contributed by atoms with Crippen LogP contribution in [0, 0.1) is 0 Å². The summed E-state index contributed by atoms with van der Waals surface area (Å²) in [6.45, 7) is 3.83. The summed E-state index contributed by atoms with van der Waals surface area (Å²) in [5.74, 6) is 0.169. The molecule has 0 aromatic carbocycles. The lowest BCUT2D eigenvalue weighted by molar-refractivity contribution is -0.133. The Bertz CT molecular complexity index is 388. The average molecular weight is 298 g/mol. The Morgan fingerprint density at radius 3 is 2.62 bits per heavy atom. The third kappa shape index (κ3) is 4.39. The van der Waals surface area contributed by atoms with Crippen molar-refractivity contribution in [3.8, 4) is 0 Å². The lowest BCUT2D eigenvalue weighted by atomic mass is 10.2. The van der Waals surface area contributed by atoms with Gasteiger partial charge in [-0.1, -0.05) is 0 Å². The molecule has 2 amide bonds. The molecule has 2 atom stereocenters. The molecule has 2 N–H and O–H groups in total. The molecule has 2 saturated heterocycles. The Kier molecular flexibility index (Phi) is 5.55. The number of aliphatic hydroxyl groups is 1. The van der Waals surface area contributed by atoms with Crippen LogP contribution in [0.2, 0.25) is 0 Å². The first kappa shape index (κ1) is 16.2. The number of carbonyl (C=O) groups excluding carboxylic acids is 2. The molecule has 0 aliphatic carbocycles. The minimum atomic E-state index is -0.417. The van der Waals surface area contributed by atoms with Crippen molar-refractivity contribution in [2.75, 3.05) is 53.4 Å². The van der Waals surface area contributed by atoms with Crippen LogP contribution in [-0.4, -0.2) is 97.1 Å². The molecule has 2 aliphatic heterocycles. The third-order valence-corrected chi connectivity index (χ3v) is 4.16. The van der Waals surface area contributed by atoms with E-state index in [1.165, 1.54) is 0 Å². The van der Waals surface area contributed by atoms with Gasteiger partial charge in [-0.25, -0.2) is 0 Å². The van der Waals surface area contributed by atoms with Gasteiger partial charge in [0.25, 0.3) is 0 Å². The summed E-state index contributed by atoms with van der Waals surface area (Å²) in [6, 6.07) is -0.255. The van der Waals surface area contributed by atoms with Crippen molar-refractivity contribution < 1.29 is 14.7 Å². The zero-order chi connectivity index (χ0) is 15.4. The van der Waals surface area contributed by atoms with Crippen LogP contribution in [0.4, 0.5) is 0 Å². The van der Waals surface area contributed by atoms with Crippen LogP contribution in [0.25, 0.3) is 0 Å². The molecule has 0 bridgehead atoms. The van der Waals surface area contributed by atoms with Gasteiger partial charge >= 0.3 is 0 Å². The number of rotatable bonds is 3. The van der Waals surface area contributed by atoms with Gasteiger partial charge in [-0.15, -0.1) is 0 Å². The minimum Gasteiger partial charge on any atom is -0.392 e. The fourth-order valence-electron chi connectivity index (χ4n) is 2.81. The van der Waals surface area contributed by atoms with E-state index in [-0.39, 0.29) is 17.9 Å². The SMILES string of the molecule is CN(C)C(=O)CN1CCCN(C(=O)C2CC(O)CN2)CC1. The van der Waals surface area contributed by atoms with E-state index in [2.05, 4.69) is 10.2 Å². The van der Waals surface area contributed by atoms with Crippen molar-refractivity contribution in [2.45, 2.75) is 25.0 Å². The number of hydrogen-bond donors (Lipinski definition) is 2. The standard InChI is InChI=1S/C14H26N4O3/c1-16(2)13(20)10-17-4-3-5-18(7-6-17)14(21)12-8-11(19)9-15-12/h11-12,15,19H,3-10H2,1-2H3. The molecule has 0 aromatic rings. The maximum absolute atomic E-state index is 12.4. The van der Waals surface area contributed by atoms with E-state index in [0.29, 0.717) is 26.1 Å². The Morgan fingerprint density at radius 1 is 1.24 bits per heavy atom. The number of aliphatic hydroxyl groups excluding tert-OH is 1. The molecule has 0 radical (unpaired) electrons. The fourth-order valence-corrected chi connectivity index (χ4v) is 2.81. The molecule has 21 heavy (non-hydrogen) atoms. The molecule has 0 aromatic heterocycles. The van der Waals surface area contributed by atoms with Crippen LogP contribution in [0.15, 0.2) is 0 Å². The second-order valence-electron chi connectivity index (χ2n) is 6.09. The minimum absolute atomic E-state index is 0.0762. The predicted molar refractivity (Wildman–Crippen MR) is 78.7 cm³/mol. The van der Waals surface area contributed by atoms with Crippen molar-refractivity contribution in [3.05, 3.63) is 0 Å². The van der Waals surface area contributed by atoms with Crippen LogP contribution in [0.5, 0.6) is 0 Å². The highest BCUT2D eigenvalue weighted by molar-refractivity contribution is 5.82. The Labute approximate surface area is 125 Å². The summed E-state index contributed by atoms with van der Waals surface area (Å²) in [5.41, 5.74) is 0. The Hall–Kier alpha value is -1.18. The number of hydrogen-bond acceptors (Lipinski definition) is 5. The van der Waals surface area contributed by atoms with E-state index in [1.807, 2.05) is 4.90 Å². The number of likely N-dealkylation sites (N-methyl/N-ethyl adjacent to an activating group) is 1. The van der Waals surface area contributed by atoms with Gasteiger partial charge in [0, 0.05) is 46.8 Å². The van der Waals surface area contributed by atoms with Crippen molar-refractivity contribution in [1.29, 1.82) is 0 Å². The van der Waals surface area contributed by atoms with Crippen molar-refractivity contribution in [2.24, 2.45) is 0 Å². The van der Waals surface area contributed by atoms with Crippen LogP contribution in [-0.2, 0) is 9.59 Å². The summed E-state index contributed by atoms with van der Waals surface area (Å²) < 4.78 is 0. The first-order valence-electron chi connectivity index (χ1n) is 7.60. The second kappa shape index (κ2) is 7.20. The average Bonchev–Trinajstić information content (AvgIpc) is 2.74. The molecule has 2 aliphatic rings. The van der Waals surface area contributed by atoms with E-state index < -0.39 is 6.10 Å². The summed E-state index contributed by atoms with van der Waals surface area (Å²) >= 11 is 0. The van der Waals surface area contributed by atoms with Gasteiger partial charge < -0.3 is 20.2 Å². The molecule has 7 heteroatoms. The molecule has 2 unspecified atom stereocenters. The number of nitrogens with one attached hydrogen (secondary N) is 1. The second-order valence-corrected chi connectivity index (χ2v) is 6.09.